The number of nitrogens with two attached hydrogens (primary N) is 1. The van der Waals surface area contributed by atoms with Gasteiger partial charge in [0.15, 0.2) is 22.1 Å². The molecular formula is C27H30N6O4S. The van der Waals surface area contributed by atoms with E-state index in [4.69, 9.17) is 24.6 Å². The molecule has 4 heterocycles. The minimum atomic E-state index is -0.630. The van der Waals surface area contributed by atoms with Crippen molar-refractivity contribution in [3.63, 3.8) is 0 Å². The molecule has 38 heavy (non-hydrogen) atoms. The van der Waals surface area contributed by atoms with Gasteiger partial charge in [-0.3, -0.25) is 4.79 Å². The number of aromatic nitrogens is 4. The number of fused-ring (bicyclic) bond motifs is 1. The van der Waals surface area contributed by atoms with E-state index in [9.17, 15) is 4.79 Å². The summed E-state index contributed by atoms with van der Waals surface area (Å²) in [4.78, 5) is 25.4. The fourth-order valence-electron chi connectivity index (χ4n) is 3.98. The summed E-state index contributed by atoms with van der Waals surface area (Å²) in [6, 6.07) is 11.7. The first-order chi connectivity index (χ1) is 18.2. The maximum Gasteiger partial charge on any atom is 0.268 e. The van der Waals surface area contributed by atoms with E-state index < -0.39 is 11.7 Å². The summed E-state index contributed by atoms with van der Waals surface area (Å²) in [5, 5.41) is 4.17. The van der Waals surface area contributed by atoms with Gasteiger partial charge in [-0.15, -0.1) is 0 Å². The molecule has 0 saturated carbocycles. The second kappa shape index (κ2) is 10.4. The predicted octanol–water partition coefficient (Wildman–Crippen LogP) is 5.17. The second-order valence-electron chi connectivity index (χ2n) is 9.96. The Morgan fingerprint density at radius 1 is 1.18 bits per heavy atom. The van der Waals surface area contributed by atoms with Crippen molar-refractivity contribution in [2.24, 2.45) is 5.41 Å². The van der Waals surface area contributed by atoms with Gasteiger partial charge in [-0.05, 0) is 37.2 Å². The Morgan fingerprint density at radius 3 is 2.76 bits per heavy atom. The number of imidazole rings is 1. The molecule has 0 radical (unpaired) electrons. The minimum Gasteiger partial charge on any atom is -0.461 e. The van der Waals surface area contributed by atoms with Crippen LogP contribution in [0.2, 0.25) is 0 Å². The van der Waals surface area contributed by atoms with E-state index in [-0.39, 0.29) is 5.91 Å². The van der Waals surface area contributed by atoms with Gasteiger partial charge in [0.2, 0.25) is 11.0 Å². The molecule has 1 unspecified atom stereocenters. The summed E-state index contributed by atoms with van der Waals surface area (Å²) in [6.45, 7) is 8.66. The third kappa shape index (κ3) is 5.33. The standard InChI is InChI=1S/C27H30N6O4S/c1-16-10-11-19(36-16)17-8-5-6-9-18(17)24-35-14-20(37-24)38-26-32-21-22(28)30-15-31-23(21)33(26)13-7-12-29-25(34)27(2,3)4/h5-6,8-11,14-15,24H,7,12-13H2,1-4H3,(H,29,34)(H2,28,30,31). The lowest BCUT2D eigenvalue weighted by Crippen LogP contribution is -2.35. The molecule has 5 rings (SSSR count). The molecule has 4 aromatic rings. The number of furan rings is 1. The van der Waals surface area contributed by atoms with Crippen LogP contribution in [0.1, 0.15) is 44.8 Å². The number of nitrogens with zero attached hydrogens (tertiary/aromatic N) is 4. The summed E-state index contributed by atoms with van der Waals surface area (Å²) in [5.41, 5.74) is 8.54. The van der Waals surface area contributed by atoms with Crippen molar-refractivity contribution in [2.45, 2.75) is 52.1 Å². The van der Waals surface area contributed by atoms with Crippen LogP contribution in [-0.2, 0) is 20.8 Å². The summed E-state index contributed by atoms with van der Waals surface area (Å²) in [7, 11) is 0. The molecule has 1 aliphatic rings. The number of rotatable bonds is 8. The van der Waals surface area contributed by atoms with Crippen molar-refractivity contribution in [2.75, 3.05) is 12.3 Å². The van der Waals surface area contributed by atoms with Crippen LogP contribution in [0.5, 0.6) is 0 Å². The van der Waals surface area contributed by atoms with Crippen molar-refractivity contribution < 1.29 is 18.7 Å². The van der Waals surface area contributed by atoms with Crippen LogP contribution >= 0.6 is 11.8 Å². The fourth-order valence-corrected chi connectivity index (χ4v) is 4.82. The number of thioether (sulfide) groups is 1. The molecule has 1 aromatic carbocycles. The number of nitrogens with one attached hydrogen (secondary N) is 1. The molecule has 10 nitrogen and oxygen atoms in total. The Balaban J connectivity index is 1.32. The monoisotopic (exact) mass is 534 g/mol. The van der Waals surface area contributed by atoms with Crippen molar-refractivity contribution in [3.05, 3.63) is 65.4 Å². The van der Waals surface area contributed by atoms with Crippen molar-refractivity contribution in [3.8, 4) is 11.3 Å². The number of aryl methyl sites for hydroxylation is 2. The topological polar surface area (TPSA) is 130 Å². The van der Waals surface area contributed by atoms with Crippen LogP contribution < -0.4 is 11.1 Å². The van der Waals surface area contributed by atoms with Crippen molar-refractivity contribution in [1.82, 2.24) is 24.8 Å². The molecule has 3 N–H and O–H groups in total. The van der Waals surface area contributed by atoms with Crippen LogP contribution in [0, 0.1) is 12.3 Å². The van der Waals surface area contributed by atoms with E-state index in [0.717, 1.165) is 22.6 Å². The lowest BCUT2D eigenvalue weighted by atomic mass is 9.96. The van der Waals surface area contributed by atoms with E-state index >= 15 is 0 Å². The zero-order valence-corrected chi connectivity index (χ0v) is 22.5. The number of carbonyl (C=O) groups excluding carboxylic acids is 1. The number of hydrogen-bond acceptors (Lipinski definition) is 9. The Bertz CT molecular complexity index is 1500. The average molecular weight is 535 g/mol. The number of nitrogen functional groups attached to an aromatic ring is 1. The third-order valence-corrected chi connectivity index (χ3v) is 6.86. The second-order valence-corrected chi connectivity index (χ2v) is 10.9. The van der Waals surface area contributed by atoms with Gasteiger partial charge in [0.05, 0.1) is 0 Å². The highest BCUT2D eigenvalue weighted by Crippen LogP contribution is 2.41. The maximum atomic E-state index is 12.2. The van der Waals surface area contributed by atoms with E-state index in [1.807, 2.05) is 68.7 Å². The first-order valence-electron chi connectivity index (χ1n) is 12.3. The summed E-state index contributed by atoms with van der Waals surface area (Å²) in [5.74, 6) is 1.89. The van der Waals surface area contributed by atoms with Crippen LogP contribution in [0.4, 0.5) is 5.82 Å². The highest BCUT2D eigenvalue weighted by Gasteiger charge is 2.28. The summed E-state index contributed by atoms with van der Waals surface area (Å²) >= 11 is 1.32. The Labute approximate surface area is 224 Å². The average Bonchev–Trinajstić information content (AvgIpc) is 3.61. The molecule has 1 amide bonds. The highest BCUT2D eigenvalue weighted by molar-refractivity contribution is 8.02. The smallest absolute Gasteiger partial charge is 0.268 e. The first kappa shape index (κ1) is 25.7. The minimum absolute atomic E-state index is 0.00634. The number of ether oxygens (including phenoxy) is 2. The Hall–Kier alpha value is -3.99. The molecule has 0 fully saturated rings. The van der Waals surface area contributed by atoms with Gasteiger partial charge in [-0.2, -0.15) is 0 Å². The van der Waals surface area contributed by atoms with Crippen LogP contribution in [0.25, 0.3) is 22.5 Å². The zero-order chi connectivity index (χ0) is 26.9. The molecular weight excluding hydrogens is 504 g/mol. The lowest BCUT2D eigenvalue weighted by molar-refractivity contribution is -0.128. The van der Waals surface area contributed by atoms with Crippen LogP contribution in [-0.4, -0.2) is 32.0 Å². The first-order valence-corrected chi connectivity index (χ1v) is 13.1. The lowest BCUT2D eigenvalue weighted by Gasteiger charge is -2.17. The third-order valence-electron chi connectivity index (χ3n) is 5.97. The molecule has 0 bridgehead atoms. The van der Waals surface area contributed by atoms with Gasteiger partial charge in [0, 0.05) is 29.6 Å². The number of hydrogen-bond donors (Lipinski definition) is 2. The van der Waals surface area contributed by atoms with Gasteiger partial charge in [-0.25, -0.2) is 15.0 Å². The van der Waals surface area contributed by atoms with Gasteiger partial charge in [-0.1, -0.05) is 45.0 Å². The molecule has 198 valence electrons. The van der Waals surface area contributed by atoms with Crippen molar-refractivity contribution in [1.29, 1.82) is 0 Å². The van der Waals surface area contributed by atoms with Crippen LogP contribution in [0.3, 0.4) is 0 Å². The molecule has 11 heteroatoms. The largest absolute Gasteiger partial charge is 0.461 e. The normalized spacial score (nSPS) is 15.3. The molecule has 1 atom stereocenters. The van der Waals surface area contributed by atoms with Gasteiger partial charge in [0.25, 0.3) is 6.29 Å². The summed E-state index contributed by atoms with van der Waals surface area (Å²) < 4.78 is 19.9. The molecule has 1 aliphatic heterocycles. The van der Waals surface area contributed by atoms with Gasteiger partial charge < -0.3 is 29.5 Å². The van der Waals surface area contributed by atoms with Gasteiger partial charge >= 0.3 is 0 Å². The molecule has 0 aliphatic carbocycles. The van der Waals surface area contributed by atoms with Crippen molar-refractivity contribution >= 4 is 34.7 Å². The Kier molecular flexibility index (Phi) is 7.02. The van der Waals surface area contributed by atoms with E-state index in [0.29, 0.717) is 46.7 Å². The number of benzene rings is 1. The quantitative estimate of drug-likeness (QED) is 0.294. The zero-order valence-electron chi connectivity index (χ0n) is 21.7. The van der Waals surface area contributed by atoms with E-state index in [1.165, 1.54) is 18.1 Å². The number of anilines is 1. The number of carbonyl (C=O) groups is 1. The van der Waals surface area contributed by atoms with Crippen LogP contribution in [0.15, 0.2) is 63.7 Å². The SMILES string of the molecule is Cc1ccc(-c2ccccc2C2OC=C(Sc3nc4c(N)ncnc4n3CCCNC(=O)C(C)(C)C)O2)o1. The highest BCUT2D eigenvalue weighted by atomic mass is 32.2. The fraction of sp³-hybridized carbons (Fsp3) is 0.333. The molecule has 3 aromatic heterocycles. The number of amides is 1. The Morgan fingerprint density at radius 2 is 2.00 bits per heavy atom. The van der Waals surface area contributed by atoms with Gasteiger partial charge in [0.1, 0.15) is 24.1 Å². The predicted molar refractivity (Wildman–Crippen MR) is 145 cm³/mol. The maximum absolute atomic E-state index is 12.2. The molecule has 0 spiro atoms. The van der Waals surface area contributed by atoms with E-state index in [2.05, 4.69) is 15.3 Å². The summed E-state index contributed by atoms with van der Waals surface area (Å²) in [6.07, 6.45) is 3.06. The van der Waals surface area contributed by atoms with E-state index in [1.54, 1.807) is 6.26 Å². The molecule has 0 saturated heterocycles.